The van der Waals surface area contributed by atoms with Gasteiger partial charge in [-0.15, -0.1) is 0 Å². The number of rotatable bonds is 3. The molecule has 0 aliphatic rings. The molecule has 2 aromatic rings. The average molecular weight is 256 g/mol. The topological polar surface area (TPSA) is 3.88 Å². The van der Waals surface area contributed by atoms with Crippen molar-refractivity contribution in [1.29, 1.82) is 0 Å². The van der Waals surface area contributed by atoms with Crippen LogP contribution in [0.5, 0.6) is 0 Å². The van der Waals surface area contributed by atoms with Crippen LogP contribution in [0.25, 0.3) is 11.3 Å². The molecule has 0 aliphatic heterocycles. The van der Waals surface area contributed by atoms with Gasteiger partial charge in [0.1, 0.15) is 7.05 Å². The average Bonchev–Trinajstić information content (AvgIpc) is 2.38. The monoisotopic (exact) mass is 256 g/mol. The minimum atomic E-state index is -0.712. The minimum Gasteiger partial charge on any atom is -0.201 e. The number of nitrogens with zero attached hydrogens (tertiary/aromatic N) is 1. The summed E-state index contributed by atoms with van der Waals surface area (Å²) in [5, 5.41) is 0. The van der Waals surface area contributed by atoms with Gasteiger partial charge in [0.15, 0.2) is 6.20 Å². The van der Waals surface area contributed by atoms with E-state index in [-0.39, 0.29) is 6.40 Å². The van der Waals surface area contributed by atoms with Crippen molar-refractivity contribution in [3.05, 3.63) is 53.2 Å². The fourth-order valence-corrected chi connectivity index (χ4v) is 2.46. The van der Waals surface area contributed by atoms with E-state index in [0.717, 1.165) is 16.8 Å². The molecule has 0 fully saturated rings. The molecule has 0 amide bonds. The molecule has 0 saturated heterocycles. The zero-order valence-electron chi connectivity index (χ0n) is 14.5. The van der Waals surface area contributed by atoms with Gasteiger partial charge >= 0.3 is 0 Å². The Morgan fingerprint density at radius 2 is 2.00 bits per heavy atom. The number of hydrogen-bond donors (Lipinski definition) is 0. The summed E-state index contributed by atoms with van der Waals surface area (Å²) in [5.74, 6) is -0.712. The van der Waals surface area contributed by atoms with Gasteiger partial charge in [-0.3, -0.25) is 0 Å². The molecule has 1 aromatic carbocycles. The maximum absolute atomic E-state index is 8.40. The highest BCUT2D eigenvalue weighted by Gasteiger charge is 2.17. The molecular formula is C18H24N+. The molecule has 1 aromatic heterocycles. The highest BCUT2D eigenvalue weighted by Crippen LogP contribution is 2.26. The van der Waals surface area contributed by atoms with E-state index < -0.39 is 5.89 Å². The van der Waals surface area contributed by atoms with Gasteiger partial charge in [0, 0.05) is 19.9 Å². The predicted octanol–water partition coefficient (Wildman–Crippen LogP) is 4.17. The third kappa shape index (κ3) is 2.70. The molecule has 0 N–H and O–H groups in total. The molecule has 0 aliphatic carbocycles. The fourth-order valence-electron chi connectivity index (χ4n) is 2.46. The van der Waals surface area contributed by atoms with Crippen molar-refractivity contribution in [2.45, 2.75) is 40.0 Å². The van der Waals surface area contributed by atoms with Crippen LogP contribution in [-0.2, 0) is 13.4 Å². The summed E-state index contributed by atoms with van der Waals surface area (Å²) < 4.78 is 18.5. The van der Waals surface area contributed by atoms with Gasteiger partial charge in [-0.2, -0.15) is 0 Å². The summed E-state index contributed by atoms with van der Waals surface area (Å²) in [4.78, 5) is 0. The number of hydrogen-bond acceptors (Lipinski definition) is 0. The maximum atomic E-state index is 8.40. The zero-order valence-corrected chi connectivity index (χ0v) is 12.5. The molecule has 0 saturated carbocycles. The summed E-state index contributed by atoms with van der Waals surface area (Å²) in [7, 11) is 2.01. The fraction of sp³-hybridized carbons (Fsp3) is 0.389. The number of aromatic nitrogens is 1. The maximum Gasteiger partial charge on any atom is 0.212 e. The van der Waals surface area contributed by atoms with Crippen molar-refractivity contribution in [3.63, 3.8) is 0 Å². The lowest BCUT2D eigenvalue weighted by molar-refractivity contribution is -0.660. The van der Waals surface area contributed by atoms with E-state index in [2.05, 4.69) is 29.7 Å². The molecule has 19 heavy (non-hydrogen) atoms. The van der Waals surface area contributed by atoms with Crippen LogP contribution in [0.2, 0.25) is 0 Å². The van der Waals surface area contributed by atoms with Crippen LogP contribution in [0.15, 0.2) is 36.5 Å². The second-order valence-corrected chi connectivity index (χ2v) is 5.24. The van der Waals surface area contributed by atoms with E-state index in [0.29, 0.717) is 0 Å². The first-order chi connectivity index (χ1) is 9.71. The van der Waals surface area contributed by atoms with E-state index >= 15 is 0 Å². The van der Waals surface area contributed by atoms with Gasteiger partial charge in [0.05, 0.1) is 0 Å². The van der Waals surface area contributed by atoms with E-state index in [1.807, 2.05) is 46.1 Å². The first kappa shape index (κ1) is 11.2. The van der Waals surface area contributed by atoms with Crippen LogP contribution in [-0.4, -0.2) is 0 Å². The van der Waals surface area contributed by atoms with Gasteiger partial charge in [0.2, 0.25) is 5.69 Å². The van der Waals surface area contributed by atoms with Crippen molar-refractivity contribution in [3.8, 4) is 11.3 Å². The summed E-state index contributed by atoms with van der Waals surface area (Å²) in [6.45, 7) is 7.73. The smallest absolute Gasteiger partial charge is 0.201 e. The number of benzene rings is 1. The Labute approximate surface area is 119 Å². The van der Waals surface area contributed by atoms with Gasteiger partial charge in [-0.05, 0) is 36.4 Å². The number of aryl methyl sites for hydroxylation is 3. The Bertz CT molecular complexity index is 655. The van der Waals surface area contributed by atoms with Crippen molar-refractivity contribution < 1.29 is 7.31 Å². The SMILES string of the molecule is [2H]C(C)c1c[n+](C)c(-c2ccccc2C)cc1C([2H])(C)C. The van der Waals surface area contributed by atoms with Crippen LogP contribution < -0.4 is 4.57 Å². The van der Waals surface area contributed by atoms with E-state index in [1.54, 1.807) is 0 Å². The Hall–Kier alpha value is -1.63. The third-order valence-electron chi connectivity index (χ3n) is 3.58. The van der Waals surface area contributed by atoms with Crippen molar-refractivity contribution in [1.82, 2.24) is 0 Å². The molecule has 1 nitrogen and oxygen atoms in total. The summed E-state index contributed by atoms with van der Waals surface area (Å²) in [6, 6.07) is 10.4. The molecule has 1 atom stereocenters. The molecule has 0 bridgehead atoms. The van der Waals surface area contributed by atoms with Crippen LogP contribution in [0.3, 0.4) is 0 Å². The highest BCUT2D eigenvalue weighted by atomic mass is 14.9. The van der Waals surface area contributed by atoms with Gasteiger partial charge in [-0.25, -0.2) is 4.57 Å². The van der Waals surface area contributed by atoms with Crippen molar-refractivity contribution in [2.24, 2.45) is 7.05 Å². The minimum absolute atomic E-state index is 0.332. The van der Waals surface area contributed by atoms with Gasteiger partial charge < -0.3 is 0 Å². The van der Waals surface area contributed by atoms with Crippen molar-refractivity contribution >= 4 is 0 Å². The lowest BCUT2D eigenvalue weighted by Crippen LogP contribution is -2.32. The normalized spacial score (nSPS) is 14.8. The van der Waals surface area contributed by atoms with Crippen LogP contribution in [0.4, 0.5) is 0 Å². The Kier molecular flexibility index (Phi) is 3.28. The Morgan fingerprint density at radius 1 is 1.32 bits per heavy atom. The highest BCUT2D eigenvalue weighted by molar-refractivity contribution is 5.61. The predicted molar refractivity (Wildman–Crippen MR) is 81.3 cm³/mol. The standard InChI is InChI=1S/C18H24N/c1-6-15-12-19(5)18(11-17(15)13(2)3)16-10-8-7-9-14(16)4/h7-13H,6H2,1-5H3/q+1/i6D,13D. The van der Waals surface area contributed by atoms with Gasteiger partial charge in [-0.1, -0.05) is 39.0 Å². The molecule has 2 rings (SSSR count). The van der Waals surface area contributed by atoms with Crippen LogP contribution in [0.1, 0.15) is 46.1 Å². The summed E-state index contributed by atoms with van der Waals surface area (Å²) in [5.41, 5.74) is 5.34. The summed E-state index contributed by atoms with van der Waals surface area (Å²) >= 11 is 0. The number of pyridine rings is 1. The molecule has 1 unspecified atom stereocenters. The quantitative estimate of drug-likeness (QED) is 0.726. The zero-order chi connectivity index (χ0) is 15.8. The van der Waals surface area contributed by atoms with E-state index in [9.17, 15) is 0 Å². The first-order valence-electron chi connectivity index (χ1n) is 7.82. The third-order valence-corrected chi connectivity index (χ3v) is 3.58. The van der Waals surface area contributed by atoms with Gasteiger partial charge in [0.25, 0.3) is 0 Å². The largest absolute Gasteiger partial charge is 0.212 e. The van der Waals surface area contributed by atoms with E-state index in [4.69, 9.17) is 2.74 Å². The molecule has 1 heterocycles. The summed E-state index contributed by atoms with van der Waals surface area (Å²) in [6.07, 6.45) is 1.67. The lowest BCUT2D eigenvalue weighted by atomic mass is 9.94. The van der Waals surface area contributed by atoms with E-state index in [1.165, 1.54) is 11.1 Å². The Balaban J connectivity index is 2.73. The molecule has 100 valence electrons. The van der Waals surface area contributed by atoms with Crippen LogP contribution in [0, 0.1) is 6.92 Å². The second kappa shape index (κ2) is 5.56. The molecule has 1 heteroatoms. The molecular weight excluding hydrogens is 230 g/mol. The lowest BCUT2D eigenvalue weighted by Gasteiger charge is -2.13. The van der Waals surface area contributed by atoms with Crippen molar-refractivity contribution in [2.75, 3.05) is 0 Å². The molecule has 0 radical (unpaired) electrons. The van der Waals surface area contributed by atoms with Crippen LogP contribution >= 0.6 is 0 Å². The second-order valence-electron chi connectivity index (χ2n) is 5.24. The molecule has 0 spiro atoms. The first-order valence-corrected chi connectivity index (χ1v) is 6.74. The Morgan fingerprint density at radius 3 is 2.58 bits per heavy atom.